The predicted octanol–water partition coefficient (Wildman–Crippen LogP) is 9.53. The van der Waals surface area contributed by atoms with E-state index in [1.165, 1.54) is 103 Å². The number of rotatable bonds is 9. The lowest BCUT2D eigenvalue weighted by Crippen LogP contribution is -2.54. The molecule has 0 aromatic carbocycles. The van der Waals surface area contributed by atoms with Crippen LogP contribution in [0.15, 0.2) is 0 Å². The summed E-state index contributed by atoms with van der Waals surface area (Å²) in [5, 5.41) is 9.43. The Morgan fingerprint density at radius 2 is 1.59 bits per heavy atom. The van der Waals surface area contributed by atoms with Crippen molar-refractivity contribution in [2.75, 3.05) is 5.88 Å². The lowest BCUT2D eigenvalue weighted by atomic mass is 9.43. The van der Waals surface area contributed by atoms with E-state index < -0.39 is 0 Å². The number of alkyl halides is 1. The maximum atomic E-state index is 9.43. The highest BCUT2D eigenvalue weighted by Crippen LogP contribution is 2.69. The van der Waals surface area contributed by atoms with Gasteiger partial charge < -0.3 is 0 Å². The summed E-state index contributed by atoms with van der Waals surface area (Å²) in [6.45, 7) is 7.69. The van der Waals surface area contributed by atoms with Gasteiger partial charge in [0, 0.05) is 12.3 Å². The van der Waals surface area contributed by atoms with E-state index in [0.717, 1.165) is 29.6 Å². The normalized spacial score (nSPS) is 45.5. The maximum absolute atomic E-state index is 9.43. The van der Waals surface area contributed by atoms with Crippen molar-refractivity contribution in [3.05, 3.63) is 0 Å². The zero-order valence-corrected chi connectivity index (χ0v) is 22.2. The van der Waals surface area contributed by atoms with E-state index in [-0.39, 0.29) is 5.41 Å². The van der Waals surface area contributed by atoms with Gasteiger partial charge in [-0.15, -0.1) is 11.6 Å². The molecule has 0 radical (unpaired) electrons. The second-order valence-corrected chi connectivity index (χ2v) is 13.5. The first kappa shape index (κ1) is 24.9. The minimum atomic E-state index is 0.103. The summed E-state index contributed by atoms with van der Waals surface area (Å²) in [4.78, 5) is 0. The molecule has 0 saturated heterocycles. The molecule has 0 aromatic rings. The van der Waals surface area contributed by atoms with E-state index in [9.17, 15) is 5.26 Å². The Labute approximate surface area is 204 Å². The SMILES string of the molecule is CCCCCCCCC1CCC2C3CCC4C[C@@](CCl)(CC#N)CC[C@]4(C)C3CC[C@]12C. The molecule has 2 heteroatoms. The minimum Gasteiger partial charge on any atom is -0.198 e. The van der Waals surface area contributed by atoms with E-state index in [1.807, 2.05) is 0 Å². The molecule has 0 heterocycles. The van der Waals surface area contributed by atoms with Crippen molar-refractivity contribution in [1.82, 2.24) is 0 Å². The molecule has 4 rings (SSSR count). The van der Waals surface area contributed by atoms with Gasteiger partial charge >= 0.3 is 0 Å². The summed E-state index contributed by atoms with van der Waals surface area (Å²) >= 11 is 6.46. The predicted molar refractivity (Wildman–Crippen MR) is 137 cm³/mol. The number of nitrogens with zero attached hydrogens (tertiary/aromatic N) is 1. The van der Waals surface area contributed by atoms with Crippen LogP contribution in [0.5, 0.6) is 0 Å². The quantitative estimate of drug-likeness (QED) is 0.248. The smallest absolute Gasteiger partial charge is 0.0628 e. The van der Waals surface area contributed by atoms with Gasteiger partial charge in [-0.25, -0.2) is 0 Å². The molecule has 4 aliphatic rings. The molecule has 32 heavy (non-hydrogen) atoms. The number of halogens is 1. The molecule has 182 valence electrons. The molecular weight excluding hydrogens is 410 g/mol. The second kappa shape index (κ2) is 10.2. The molecular formula is C30H50ClN. The zero-order valence-electron chi connectivity index (χ0n) is 21.4. The van der Waals surface area contributed by atoms with Crippen molar-refractivity contribution >= 4 is 11.6 Å². The molecule has 0 bridgehead atoms. The average Bonchev–Trinajstić information content (AvgIpc) is 3.13. The molecule has 0 N–H and O–H groups in total. The molecule has 1 nitrogen and oxygen atoms in total. The van der Waals surface area contributed by atoms with Crippen molar-refractivity contribution in [3.8, 4) is 6.07 Å². The third-order valence-electron chi connectivity index (χ3n) is 11.8. The van der Waals surface area contributed by atoms with Gasteiger partial charge in [0.1, 0.15) is 0 Å². The highest BCUT2D eigenvalue weighted by molar-refractivity contribution is 6.18. The summed E-state index contributed by atoms with van der Waals surface area (Å²) in [6.07, 6.45) is 23.4. The van der Waals surface area contributed by atoms with Crippen LogP contribution in [0.1, 0.15) is 130 Å². The number of fused-ring (bicyclic) bond motifs is 5. The largest absolute Gasteiger partial charge is 0.198 e. The van der Waals surface area contributed by atoms with E-state index in [0.29, 0.717) is 23.1 Å². The molecule has 0 amide bonds. The fourth-order valence-electron chi connectivity index (χ4n) is 9.67. The van der Waals surface area contributed by atoms with Gasteiger partial charge in [-0.1, -0.05) is 59.3 Å². The van der Waals surface area contributed by atoms with Gasteiger partial charge in [0.25, 0.3) is 0 Å². The van der Waals surface area contributed by atoms with Crippen LogP contribution < -0.4 is 0 Å². The number of nitriles is 1. The molecule has 4 fully saturated rings. The van der Waals surface area contributed by atoms with Crippen LogP contribution in [0.2, 0.25) is 0 Å². The molecule has 5 unspecified atom stereocenters. The summed E-state index contributed by atoms with van der Waals surface area (Å²) in [5.41, 5.74) is 1.24. The first-order chi connectivity index (χ1) is 15.4. The van der Waals surface area contributed by atoms with Crippen molar-refractivity contribution in [2.24, 2.45) is 45.8 Å². The highest BCUT2D eigenvalue weighted by atomic mass is 35.5. The zero-order chi connectivity index (χ0) is 22.8. The Kier molecular flexibility index (Phi) is 7.92. The van der Waals surface area contributed by atoms with Crippen molar-refractivity contribution in [1.29, 1.82) is 5.26 Å². The summed E-state index contributed by atoms with van der Waals surface area (Å²) in [6, 6.07) is 2.48. The standard InChI is InChI=1S/C30H50ClN/c1-4-5-6-7-8-9-10-23-12-14-26-25-13-11-24-21-30(22-31,19-20-32)18-17-29(24,3)27(25)15-16-28(23,26)2/h23-27H,4-19,21-22H2,1-3H3/t23?,24?,25?,26?,27?,28-,29+,30+/m1/s1. The third-order valence-corrected chi connectivity index (χ3v) is 12.3. The molecule has 0 aliphatic heterocycles. The summed E-state index contributed by atoms with van der Waals surface area (Å²) in [5.74, 6) is 5.38. The van der Waals surface area contributed by atoms with Gasteiger partial charge in [0.15, 0.2) is 0 Å². The van der Waals surface area contributed by atoms with Gasteiger partial charge in [0.05, 0.1) is 6.07 Å². The number of hydrogen-bond donors (Lipinski definition) is 0. The Hall–Kier alpha value is -0.220. The van der Waals surface area contributed by atoms with Gasteiger partial charge in [-0.2, -0.15) is 5.26 Å². The summed E-state index contributed by atoms with van der Waals surface area (Å²) in [7, 11) is 0. The van der Waals surface area contributed by atoms with Crippen molar-refractivity contribution in [2.45, 2.75) is 130 Å². The van der Waals surface area contributed by atoms with E-state index in [1.54, 1.807) is 0 Å². The topological polar surface area (TPSA) is 23.8 Å². The van der Waals surface area contributed by atoms with Crippen LogP contribution in [0.4, 0.5) is 0 Å². The molecule has 8 atom stereocenters. The maximum Gasteiger partial charge on any atom is 0.0628 e. The molecule has 0 aromatic heterocycles. The fraction of sp³-hybridized carbons (Fsp3) is 0.967. The molecule has 4 aliphatic carbocycles. The Bertz CT molecular complexity index is 668. The van der Waals surface area contributed by atoms with E-state index in [4.69, 9.17) is 11.6 Å². The van der Waals surface area contributed by atoms with Crippen LogP contribution in [0.3, 0.4) is 0 Å². The third kappa shape index (κ3) is 4.41. The lowest BCUT2D eigenvalue weighted by molar-refractivity contribution is -0.128. The highest BCUT2D eigenvalue weighted by Gasteiger charge is 2.60. The van der Waals surface area contributed by atoms with Crippen LogP contribution >= 0.6 is 11.6 Å². The van der Waals surface area contributed by atoms with Gasteiger partial charge in [-0.05, 0) is 110 Å². The van der Waals surface area contributed by atoms with Crippen LogP contribution in [-0.2, 0) is 0 Å². The first-order valence-electron chi connectivity index (χ1n) is 14.4. The second-order valence-electron chi connectivity index (χ2n) is 13.2. The van der Waals surface area contributed by atoms with Crippen LogP contribution in [0.25, 0.3) is 0 Å². The number of unbranched alkanes of at least 4 members (excludes halogenated alkanes) is 5. The lowest BCUT2D eigenvalue weighted by Gasteiger charge is -2.62. The van der Waals surface area contributed by atoms with Crippen LogP contribution in [-0.4, -0.2) is 5.88 Å². The Morgan fingerprint density at radius 3 is 2.34 bits per heavy atom. The molecule has 0 spiro atoms. The van der Waals surface area contributed by atoms with Crippen molar-refractivity contribution in [3.63, 3.8) is 0 Å². The van der Waals surface area contributed by atoms with Crippen LogP contribution in [0, 0.1) is 57.2 Å². The monoisotopic (exact) mass is 459 g/mol. The van der Waals surface area contributed by atoms with Gasteiger partial charge in [-0.3, -0.25) is 0 Å². The fourth-order valence-corrected chi connectivity index (χ4v) is 10.0. The van der Waals surface area contributed by atoms with Gasteiger partial charge in [0.2, 0.25) is 0 Å². The Balaban J connectivity index is 1.39. The average molecular weight is 460 g/mol. The summed E-state index contributed by atoms with van der Waals surface area (Å²) < 4.78 is 0. The van der Waals surface area contributed by atoms with E-state index >= 15 is 0 Å². The van der Waals surface area contributed by atoms with E-state index in [2.05, 4.69) is 26.8 Å². The number of hydrogen-bond acceptors (Lipinski definition) is 1. The minimum absolute atomic E-state index is 0.103. The Morgan fingerprint density at radius 1 is 0.844 bits per heavy atom. The van der Waals surface area contributed by atoms with Crippen molar-refractivity contribution < 1.29 is 0 Å². The first-order valence-corrected chi connectivity index (χ1v) is 14.9. The molecule has 4 saturated carbocycles.